The number of aliphatic hydroxyl groups excluding tert-OH is 1. The van der Waals surface area contributed by atoms with Crippen LogP contribution in [-0.2, 0) is 21.0 Å². The SMILES string of the molecule is CON(Cc1ccc(Cl)c(Cl)c1)C(=O)/C=C(\O)C(=O)O. The van der Waals surface area contributed by atoms with Gasteiger partial charge in [0.05, 0.1) is 29.8 Å². The third-order valence-corrected chi connectivity index (χ3v) is 2.99. The second-order valence-electron chi connectivity index (χ2n) is 3.64. The van der Waals surface area contributed by atoms with Crippen molar-refractivity contribution in [3.05, 3.63) is 45.6 Å². The van der Waals surface area contributed by atoms with Gasteiger partial charge in [0, 0.05) is 0 Å². The van der Waals surface area contributed by atoms with Crippen LogP contribution in [0.2, 0.25) is 10.0 Å². The maximum Gasteiger partial charge on any atom is 0.371 e. The molecular formula is C12H11Cl2NO5. The molecule has 0 aromatic heterocycles. The standard InChI is InChI=1S/C12H11Cl2NO5/c1-20-15(11(17)5-10(16)12(18)19)6-7-2-3-8(13)9(14)4-7/h2-5,16H,6H2,1H3,(H,18,19)/b10-5-. The van der Waals surface area contributed by atoms with Gasteiger partial charge in [-0.15, -0.1) is 0 Å². The van der Waals surface area contributed by atoms with Gasteiger partial charge in [-0.2, -0.15) is 0 Å². The first kappa shape index (κ1) is 16.3. The molecule has 1 amide bonds. The average molecular weight is 320 g/mol. The van der Waals surface area contributed by atoms with Gasteiger partial charge in [-0.25, -0.2) is 9.86 Å². The zero-order chi connectivity index (χ0) is 15.3. The minimum atomic E-state index is -1.61. The first-order valence-corrected chi connectivity index (χ1v) is 6.04. The highest BCUT2D eigenvalue weighted by atomic mass is 35.5. The summed E-state index contributed by atoms with van der Waals surface area (Å²) in [5.74, 6) is -3.51. The molecule has 20 heavy (non-hydrogen) atoms. The largest absolute Gasteiger partial charge is 0.502 e. The van der Waals surface area contributed by atoms with E-state index in [9.17, 15) is 9.59 Å². The Balaban J connectivity index is 2.86. The maximum absolute atomic E-state index is 11.7. The van der Waals surface area contributed by atoms with E-state index < -0.39 is 17.6 Å². The van der Waals surface area contributed by atoms with Crippen LogP contribution in [0.4, 0.5) is 0 Å². The number of hydrogen-bond acceptors (Lipinski definition) is 4. The molecule has 0 aliphatic carbocycles. The van der Waals surface area contributed by atoms with Crippen LogP contribution >= 0.6 is 23.2 Å². The topological polar surface area (TPSA) is 87.1 Å². The minimum Gasteiger partial charge on any atom is -0.502 e. The van der Waals surface area contributed by atoms with Crippen LogP contribution in [0.5, 0.6) is 0 Å². The number of benzene rings is 1. The van der Waals surface area contributed by atoms with Crippen LogP contribution in [0.15, 0.2) is 30.0 Å². The van der Waals surface area contributed by atoms with Crippen molar-refractivity contribution in [2.75, 3.05) is 7.11 Å². The molecule has 0 spiro atoms. The van der Waals surface area contributed by atoms with Crippen LogP contribution in [0.3, 0.4) is 0 Å². The smallest absolute Gasteiger partial charge is 0.371 e. The van der Waals surface area contributed by atoms with E-state index in [0.717, 1.165) is 5.06 Å². The number of rotatable bonds is 5. The summed E-state index contributed by atoms with van der Waals surface area (Å²) < 4.78 is 0. The van der Waals surface area contributed by atoms with E-state index >= 15 is 0 Å². The Morgan fingerprint density at radius 2 is 1.95 bits per heavy atom. The lowest BCUT2D eigenvalue weighted by Gasteiger charge is -2.18. The molecule has 0 heterocycles. The summed E-state index contributed by atoms with van der Waals surface area (Å²) in [5.41, 5.74) is 0.623. The number of carboxylic acids is 1. The molecule has 0 bridgehead atoms. The zero-order valence-corrected chi connectivity index (χ0v) is 11.9. The lowest BCUT2D eigenvalue weighted by atomic mass is 10.2. The van der Waals surface area contributed by atoms with Crippen molar-refractivity contribution >= 4 is 35.1 Å². The van der Waals surface area contributed by atoms with Gasteiger partial charge in [0.15, 0.2) is 0 Å². The summed E-state index contributed by atoms with van der Waals surface area (Å²) in [5, 5.41) is 19.0. The number of aliphatic hydroxyl groups is 1. The van der Waals surface area contributed by atoms with Gasteiger partial charge < -0.3 is 10.2 Å². The number of hydroxylamine groups is 2. The summed E-state index contributed by atoms with van der Waals surface area (Å²) in [4.78, 5) is 26.9. The lowest BCUT2D eigenvalue weighted by molar-refractivity contribution is -0.173. The van der Waals surface area contributed by atoms with E-state index in [-0.39, 0.29) is 6.54 Å². The Hall–Kier alpha value is -1.76. The number of amides is 1. The van der Waals surface area contributed by atoms with Crippen LogP contribution in [0.25, 0.3) is 0 Å². The molecule has 6 nitrogen and oxygen atoms in total. The van der Waals surface area contributed by atoms with Crippen molar-refractivity contribution in [1.82, 2.24) is 5.06 Å². The van der Waals surface area contributed by atoms with E-state index in [4.69, 9.17) is 38.3 Å². The Morgan fingerprint density at radius 3 is 2.45 bits per heavy atom. The molecule has 0 aliphatic rings. The number of carbonyl (C=O) groups is 2. The molecular weight excluding hydrogens is 309 g/mol. The second kappa shape index (κ2) is 7.14. The van der Waals surface area contributed by atoms with Gasteiger partial charge in [-0.3, -0.25) is 9.63 Å². The third-order valence-electron chi connectivity index (χ3n) is 2.26. The van der Waals surface area contributed by atoms with Crippen LogP contribution in [0.1, 0.15) is 5.56 Å². The molecule has 0 radical (unpaired) electrons. The van der Waals surface area contributed by atoms with E-state index in [0.29, 0.717) is 21.7 Å². The summed E-state index contributed by atoms with van der Waals surface area (Å²) in [7, 11) is 1.24. The summed E-state index contributed by atoms with van der Waals surface area (Å²) >= 11 is 11.6. The van der Waals surface area contributed by atoms with Crippen molar-refractivity contribution in [2.24, 2.45) is 0 Å². The second-order valence-corrected chi connectivity index (χ2v) is 4.46. The molecule has 0 saturated heterocycles. The monoisotopic (exact) mass is 319 g/mol. The molecule has 1 aromatic rings. The number of aliphatic carboxylic acids is 1. The van der Waals surface area contributed by atoms with Crippen molar-refractivity contribution in [3.8, 4) is 0 Å². The number of halogens is 2. The lowest BCUT2D eigenvalue weighted by Crippen LogP contribution is -2.28. The minimum absolute atomic E-state index is 0.00954. The molecule has 1 rings (SSSR count). The van der Waals surface area contributed by atoms with Crippen molar-refractivity contribution in [3.63, 3.8) is 0 Å². The van der Waals surface area contributed by atoms with E-state index in [1.807, 2.05) is 0 Å². The number of hydrogen-bond donors (Lipinski definition) is 2. The van der Waals surface area contributed by atoms with E-state index in [2.05, 4.69) is 0 Å². The molecule has 0 saturated carbocycles. The predicted molar refractivity (Wildman–Crippen MR) is 72.4 cm³/mol. The quantitative estimate of drug-likeness (QED) is 0.494. The number of carbonyl (C=O) groups excluding carboxylic acids is 1. The third kappa shape index (κ3) is 4.41. The van der Waals surface area contributed by atoms with Gasteiger partial charge in [0.2, 0.25) is 5.76 Å². The van der Waals surface area contributed by atoms with Crippen LogP contribution in [0, 0.1) is 0 Å². The number of carboxylic acid groups (broad SMARTS) is 1. The summed E-state index contributed by atoms with van der Waals surface area (Å²) in [6, 6.07) is 4.74. The average Bonchev–Trinajstić information content (AvgIpc) is 2.39. The first-order valence-electron chi connectivity index (χ1n) is 5.28. The van der Waals surface area contributed by atoms with Crippen molar-refractivity contribution < 1.29 is 24.6 Å². The molecule has 108 valence electrons. The fourth-order valence-electron chi connectivity index (χ4n) is 1.29. The van der Waals surface area contributed by atoms with Crippen LogP contribution in [-0.4, -0.2) is 34.3 Å². The summed E-state index contributed by atoms with van der Waals surface area (Å²) in [6.07, 6.45) is 0.545. The van der Waals surface area contributed by atoms with Gasteiger partial charge in [0.25, 0.3) is 5.91 Å². The Labute approximate surface area is 124 Å². The molecule has 0 atom stereocenters. The predicted octanol–water partition coefficient (Wildman–Crippen LogP) is 2.41. The first-order chi connectivity index (χ1) is 9.35. The van der Waals surface area contributed by atoms with E-state index in [1.165, 1.54) is 7.11 Å². The van der Waals surface area contributed by atoms with Crippen LogP contribution < -0.4 is 0 Å². The Bertz CT molecular complexity index is 559. The highest BCUT2D eigenvalue weighted by Gasteiger charge is 2.15. The fraction of sp³-hybridized carbons (Fsp3) is 0.167. The zero-order valence-electron chi connectivity index (χ0n) is 10.3. The van der Waals surface area contributed by atoms with Crippen molar-refractivity contribution in [1.29, 1.82) is 0 Å². The highest BCUT2D eigenvalue weighted by Crippen LogP contribution is 2.23. The molecule has 0 fully saturated rings. The molecule has 0 unspecified atom stereocenters. The molecule has 1 aromatic carbocycles. The van der Waals surface area contributed by atoms with Gasteiger partial charge in [0.1, 0.15) is 0 Å². The van der Waals surface area contributed by atoms with E-state index in [1.54, 1.807) is 18.2 Å². The van der Waals surface area contributed by atoms with Gasteiger partial charge in [-0.1, -0.05) is 29.3 Å². The molecule has 0 aliphatic heterocycles. The molecule has 2 N–H and O–H groups in total. The molecule has 8 heteroatoms. The highest BCUT2D eigenvalue weighted by molar-refractivity contribution is 6.42. The normalized spacial score (nSPS) is 11.2. The number of nitrogens with zero attached hydrogens (tertiary/aromatic N) is 1. The Kier molecular flexibility index (Phi) is 5.82. The van der Waals surface area contributed by atoms with Crippen molar-refractivity contribution in [2.45, 2.75) is 6.54 Å². The van der Waals surface area contributed by atoms with Gasteiger partial charge in [-0.05, 0) is 17.7 Å². The fourth-order valence-corrected chi connectivity index (χ4v) is 1.61. The maximum atomic E-state index is 11.7. The van der Waals surface area contributed by atoms with Gasteiger partial charge >= 0.3 is 5.97 Å². The Morgan fingerprint density at radius 1 is 1.30 bits per heavy atom. The summed E-state index contributed by atoms with van der Waals surface area (Å²) in [6.45, 7) is 0.00954.